The molecule has 1 fully saturated rings. The molecule has 20 heavy (non-hydrogen) atoms. The van der Waals surface area contributed by atoms with Gasteiger partial charge in [-0.3, -0.25) is 10.2 Å². The van der Waals surface area contributed by atoms with Gasteiger partial charge in [-0.05, 0) is 44.9 Å². The molecular weight excluding hydrogens is 254 g/mol. The van der Waals surface area contributed by atoms with Crippen molar-refractivity contribution >= 4 is 11.6 Å². The van der Waals surface area contributed by atoms with E-state index in [1.807, 2.05) is 0 Å². The van der Waals surface area contributed by atoms with Crippen molar-refractivity contribution in [2.24, 2.45) is 0 Å². The van der Waals surface area contributed by atoms with Gasteiger partial charge in [-0.25, -0.2) is 5.01 Å². The number of carbonyl (C=O) groups is 1. The Hall–Kier alpha value is -1.75. The molecular formula is C15H23N3O2. The first-order chi connectivity index (χ1) is 9.52. The summed E-state index contributed by atoms with van der Waals surface area (Å²) in [5, 5.41) is 2.05. The molecule has 5 heteroatoms. The maximum Gasteiger partial charge on any atom is 0.265 e. The zero-order chi connectivity index (χ0) is 14.7. The molecule has 110 valence electrons. The number of hydrogen-bond donors (Lipinski definition) is 2. The number of nitrogen functional groups attached to an aromatic ring is 1. The molecule has 1 heterocycles. The van der Waals surface area contributed by atoms with E-state index in [0.717, 1.165) is 12.8 Å². The number of anilines is 1. The number of ether oxygens (including phenoxy) is 1. The van der Waals surface area contributed by atoms with Crippen LogP contribution in [-0.4, -0.2) is 30.1 Å². The van der Waals surface area contributed by atoms with Crippen LogP contribution in [0.15, 0.2) is 18.2 Å². The molecule has 2 atom stereocenters. The summed E-state index contributed by atoms with van der Waals surface area (Å²) in [7, 11) is 1.54. The van der Waals surface area contributed by atoms with Gasteiger partial charge < -0.3 is 10.5 Å². The number of piperidine rings is 1. The van der Waals surface area contributed by atoms with Gasteiger partial charge in [0.2, 0.25) is 0 Å². The van der Waals surface area contributed by atoms with E-state index in [1.165, 1.54) is 6.42 Å². The fourth-order valence-electron chi connectivity index (χ4n) is 2.68. The molecule has 2 rings (SSSR count). The first-order valence-corrected chi connectivity index (χ1v) is 7.05. The van der Waals surface area contributed by atoms with Crippen LogP contribution in [0, 0.1) is 0 Å². The third-order valence-corrected chi connectivity index (χ3v) is 3.92. The van der Waals surface area contributed by atoms with Crippen LogP contribution in [0.4, 0.5) is 5.69 Å². The Kier molecular flexibility index (Phi) is 4.49. The molecule has 5 nitrogen and oxygen atoms in total. The fraction of sp³-hybridized carbons (Fsp3) is 0.533. The number of methoxy groups -OCH3 is 1. The zero-order valence-electron chi connectivity index (χ0n) is 12.3. The molecule has 1 aliphatic heterocycles. The summed E-state index contributed by atoms with van der Waals surface area (Å²) in [5.74, 6) is 0.404. The lowest BCUT2D eigenvalue weighted by molar-refractivity contribution is 0.0369. The Bertz CT molecular complexity index is 480. The van der Waals surface area contributed by atoms with E-state index < -0.39 is 0 Å². The first kappa shape index (κ1) is 14.7. The molecule has 0 bridgehead atoms. The summed E-state index contributed by atoms with van der Waals surface area (Å²) in [6, 6.07) is 5.80. The summed E-state index contributed by atoms with van der Waals surface area (Å²) in [6.45, 7) is 4.28. The second kappa shape index (κ2) is 6.13. The number of nitrogens with two attached hydrogens (primary N) is 1. The van der Waals surface area contributed by atoms with Crippen LogP contribution in [0.5, 0.6) is 5.75 Å². The smallest absolute Gasteiger partial charge is 0.265 e. The highest BCUT2D eigenvalue weighted by Crippen LogP contribution is 2.23. The predicted octanol–water partition coefficient (Wildman–Crippen LogP) is 2.19. The van der Waals surface area contributed by atoms with Gasteiger partial charge in [-0.1, -0.05) is 6.42 Å². The van der Waals surface area contributed by atoms with Crippen LogP contribution in [0.1, 0.15) is 43.5 Å². The minimum atomic E-state index is -0.121. The number of benzene rings is 1. The number of nitrogens with zero attached hydrogens (tertiary/aromatic N) is 1. The molecule has 1 amide bonds. The minimum absolute atomic E-state index is 0.121. The van der Waals surface area contributed by atoms with Crippen molar-refractivity contribution in [1.82, 2.24) is 10.4 Å². The molecule has 3 N–H and O–H groups in total. The Labute approximate surface area is 120 Å². The second-order valence-corrected chi connectivity index (χ2v) is 5.43. The van der Waals surface area contributed by atoms with Crippen molar-refractivity contribution in [2.75, 3.05) is 12.8 Å². The van der Waals surface area contributed by atoms with Gasteiger partial charge in [-0.15, -0.1) is 0 Å². The van der Waals surface area contributed by atoms with Crippen LogP contribution in [0.2, 0.25) is 0 Å². The molecule has 1 saturated heterocycles. The van der Waals surface area contributed by atoms with Crippen LogP contribution in [0.25, 0.3) is 0 Å². The molecule has 1 aromatic carbocycles. The number of nitrogens with one attached hydrogen (secondary N) is 1. The van der Waals surface area contributed by atoms with E-state index in [-0.39, 0.29) is 5.91 Å². The first-order valence-electron chi connectivity index (χ1n) is 7.05. The second-order valence-electron chi connectivity index (χ2n) is 5.43. The number of hydrazine groups is 1. The Balaban J connectivity index is 2.11. The minimum Gasteiger partial charge on any atom is -0.495 e. The zero-order valence-corrected chi connectivity index (χ0v) is 12.3. The van der Waals surface area contributed by atoms with Gasteiger partial charge in [0, 0.05) is 17.6 Å². The maximum absolute atomic E-state index is 12.3. The highest BCUT2D eigenvalue weighted by molar-refractivity contribution is 5.94. The van der Waals surface area contributed by atoms with Gasteiger partial charge in [-0.2, -0.15) is 0 Å². The van der Waals surface area contributed by atoms with Crippen molar-refractivity contribution < 1.29 is 9.53 Å². The summed E-state index contributed by atoms with van der Waals surface area (Å²) in [5.41, 5.74) is 9.85. The third kappa shape index (κ3) is 3.04. The van der Waals surface area contributed by atoms with Crippen LogP contribution in [-0.2, 0) is 0 Å². The summed E-state index contributed by atoms with van der Waals surface area (Å²) in [6.07, 6.45) is 3.43. The quantitative estimate of drug-likeness (QED) is 0.831. The van der Waals surface area contributed by atoms with Crippen molar-refractivity contribution in [1.29, 1.82) is 0 Å². The standard InChI is InChI=1S/C15H23N3O2/c1-10-5-4-6-11(2)18(10)17-15(19)12-7-8-13(16)14(9-12)20-3/h7-11H,4-6,16H2,1-3H3,(H,17,19). The van der Waals surface area contributed by atoms with Crippen LogP contribution >= 0.6 is 0 Å². The van der Waals surface area contributed by atoms with Crippen LogP contribution < -0.4 is 15.9 Å². The lowest BCUT2D eigenvalue weighted by Gasteiger charge is -2.38. The molecule has 1 aromatic rings. The maximum atomic E-state index is 12.3. The summed E-state index contributed by atoms with van der Waals surface area (Å²) in [4.78, 5) is 12.3. The van der Waals surface area contributed by atoms with Gasteiger partial charge in [0.05, 0.1) is 12.8 Å². The summed E-state index contributed by atoms with van der Waals surface area (Å²) < 4.78 is 5.15. The molecule has 1 aliphatic rings. The average molecular weight is 277 g/mol. The lowest BCUT2D eigenvalue weighted by atomic mass is 10.00. The van der Waals surface area contributed by atoms with Gasteiger partial charge in [0.25, 0.3) is 5.91 Å². The van der Waals surface area contributed by atoms with E-state index in [0.29, 0.717) is 29.1 Å². The Morgan fingerprint density at radius 1 is 1.35 bits per heavy atom. The fourth-order valence-corrected chi connectivity index (χ4v) is 2.68. The largest absolute Gasteiger partial charge is 0.495 e. The van der Waals surface area contributed by atoms with Crippen LogP contribution in [0.3, 0.4) is 0 Å². The average Bonchev–Trinajstić information content (AvgIpc) is 2.43. The van der Waals surface area contributed by atoms with Crippen molar-refractivity contribution in [3.05, 3.63) is 23.8 Å². The summed E-state index contributed by atoms with van der Waals surface area (Å²) >= 11 is 0. The van der Waals surface area contributed by atoms with Crippen molar-refractivity contribution in [3.63, 3.8) is 0 Å². The predicted molar refractivity (Wildman–Crippen MR) is 79.5 cm³/mol. The number of carbonyl (C=O) groups excluding carboxylic acids is 1. The molecule has 0 radical (unpaired) electrons. The van der Waals surface area contributed by atoms with E-state index >= 15 is 0 Å². The molecule has 0 saturated carbocycles. The molecule has 0 spiro atoms. The third-order valence-electron chi connectivity index (χ3n) is 3.92. The van der Waals surface area contributed by atoms with Crippen molar-refractivity contribution in [2.45, 2.75) is 45.2 Å². The van der Waals surface area contributed by atoms with Crippen molar-refractivity contribution in [3.8, 4) is 5.75 Å². The molecule has 0 aliphatic carbocycles. The Morgan fingerprint density at radius 3 is 2.60 bits per heavy atom. The normalized spacial score (nSPS) is 23.4. The molecule has 2 unspecified atom stereocenters. The highest BCUT2D eigenvalue weighted by atomic mass is 16.5. The topological polar surface area (TPSA) is 67.6 Å². The number of amides is 1. The van der Waals surface area contributed by atoms with Gasteiger partial charge in [0.15, 0.2) is 0 Å². The highest BCUT2D eigenvalue weighted by Gasteiger charge is 2.26. The van der Waals surface area contributed by atoms with E-state index in [9.17, 15) is 4.79 Å². The van der Waals surface area contributed by atoms with Gasteiger partial charge >= 0.3 is 0 Å². The lowest BCUT2D eigenvalue weighted by Crippen LogP contribution is -2.54. The number of rotatable bonds is 3. The monoisotopic (exact) mass is 277 g/mol. The SMILES string of the molecule is COc1cc(C(=O)NN2C(C)CCCC2C)ccc1N. The van der Waals surface area contributed by atoms with E-state index in [2.05, 4.69) is 24.3 Å². The van der Waals surface area contributed by atoms with Gasteiger partial charge in [0.1, 0.15) is 5.75 Å². The number of hydrogen-bond acceptors (Lipinski definition) is 4. The Morgan fingerprint density at radius 2 is 2.00 bits per heavy atom. The molecule has 0 aromatic heterocycles. The van der Waals surface area contributed by atoms with E-state index in [1.54, 1.807) is 25.3 Å². The van der Waals surface area contributed by atoms with E-state index in [4.69, 9.17) is 10.5 Å².